The van der Waals surface area contributed by atoms with Crippen molar-refractivity contribution in [2.24, 2.45) is 0 Å². The van der Waals surface area contributed by atoms with Crippen molar-refractivity contribution in [3.63, 3.8) is 0 Å². The summed E-state index contributed by atoms with van der Waals surface area (Å²) in [4.78, 5) is 25.1. The number of aromatic nitrogens is 2. The van der Waals surface area contributed by atoms with Crippen molar-refractivity contribution in [2.75, 3.05) is 0 Å². The second kappa shape index (κ2) is 6.32. The summed E-state index contributed by atoms with van der Waals surface area (Å²) in [6, 6.07) is 13.0. The molecule has 3 rings (SSSR count). The topological polar surface area (TPSA) is 64.1 Å². The molecule has 0 radical (unpaired) electrons. The minimum absolute atomic E-state index is 0.329. The molecule has 0 atom stereocenters. The van der Waals surface area contributed by atoms with Crippen LogP contribution < -0.4 is 16.0 Å². The van der Waals surface area contributed by atoms with Gasteiger partial charge in [0.2, 0.25) is 0 Å². The highest BCUT2D eigenvalue weighted by Crippen LogP contribution is 2.31. The monoisotopic (exact) mass is 348 g/mol. The Hall–Kier alpha value is -2.50. The molecule has 0 aliphatic carbocycles. The van der Waals surface area contributed by atoms with E-state index in [0.717, 1.165) is 0 Å². The van der Waals surface area contributed by atoms with Gasteiger partial charge in [-0.2, -0.15) is 0 Å². The van der Waals surface area contributed by atoms with Crippen molar-refractivity contribution < 1.29 is 4.74 Å². The molecule has 116 valence electrons. The lowest BCUT2D eigenvalue weighted by molar-refractivity contribution is 0.483. The number of aromatic amines is 1. The highest BCUT2D eigenvalue weighted by molar-refractivity contribution is 6.32. The fraction of sp³-hybridized carbons (Fsp3) is 0. The molecule has 0 aliphatic heterocycles. The molecule has 23 heavy (non-hydrogen) atoms. The van der Waals surface area contributed by atoms with Crippen molar-refractivity contribution in [1.82, 2.24) is 9.55 Å². The number of hydrogen-bond donors (Lipinski definition) is 1. The molecule has 0 unspecified atom stereocenters. The van der Waals surface area contributed by atoms with Crippen molar-refractivity contribution in [2.45, 2.75) is 0 Å². The summed E-state index contributed by atoms with van der Waals surface area (Å²) >= 11 is 12.0. The van der Waals surface area contributed by atoms with Crippen LogP contribution in [0.15, 0.2) is 64.3 Å². The molecule has 0 saturated heterocycles. The Balaban J connectivity index is 1.93. The minimum Gasteiger partial charge on any atom is -0.456 e. The van der Waals surface area contributed by atoms with Crippen LogP contribution in [0.5, 0.6) is 11.5 Å². The number of H-pyrrole nitrogens is 1. The van der Waals surface area contributed by atoms with E-state index >= 15 is 0 Å². The van der Waals surface area contributed by atoms with E-state index in [1.54, 1.807) is 42.5 Å². The van der Waals surface area contributed by atoms with Crippen molar-refractivity contribution >= 4 is 23.2 Å². The molecule has 1 heterocycles. The smallest absolute Gasteiger partial charge is 0.332 e. The molecule has 3 aromatic rings. The van der Waals surface area contributed by atoms with E-state index in [4.69, 9.17) is 27.9 Å². The van der Waals surface area contributed by atoms with Crippen LogP contribution in [0.3, 0.4) is 0 Å². The SMILES string of the molecule is O=c1ccn(-c2ccc(Oc3ccc(Cl)cc3)c(Cl)c2)c(=O)[nH]1. The molecule has 0 spiro atoms. The number of halogens is 2. The maximum atomic E-state index is 11.8. The second-order valence-corrected chi connectivity index (χ2v) is 5.49. The minimum atomic E-state index is -0.542. The van der Waals surface area contributed by atoms with Gasteiger partial charge in [0.25, 0.3) is 5.56 Å². The molecule has 0 saturated carbocycles. The van der Waals surface area contributed by atoms with E-state index in [2.05, 4.69) is 4.98 Å². The zero-order valence-corrected chi connectivity index (χ0v) is 13.1. The molecule has 7 heteroatoms. The summed E-state index contributed by atoms with van der Waals surface area (Å²) in [5.41, 5.74) is -0.486. The van der Waals surface area contributed by atoms with Crippen LogP contribution in [-0.2, 0) is 0 Å². The Morgan fingerprint density at radius 3 is 2.35 bits per heavy atom. The van der Waals surface area contributed by atoms with Crippen LogP contribution in [0.25, 0.3) is 5.69 Å². The summed E-state index contributed by atoms with van der Waals surface area (Å²) in [5, 5.41) is 0.937. The number of hydrogen-bond acceptors (Lipinski definition) is 3. The number of rotatable bonds is 3. The molecule has 0 bridgehead atoms. The lowest BCUT2D eigenvalue weighted by atomic mass is 10.3. The molecule has 0 aliphatic rings. The van der Waals surface area contributed by atoms with Gasteiger partial charge in [0.1, 0.15) is 11.5 Å². The van der Waals surface area contributed by atoms with Gasteiger partial charge in [-0.1, -0.05) is 23.2 Å². The highest BCUT2D eigenvalue weighted by Gasteiger charge is 2.07. The van der Waals surface area contributed by atoms with Crippen molar-refractivity contribution in [1.29, 1.82) is 0 Å². The summed E-state index contributed by atoms with van der Waals surface area (Å²) in [7, 11) is 0. The fourth-order valence-electron chi connectivity index (χ4n) is 1.97. The Morgan fingerprint density at radius 1 is 0.957 bits per heavy atom. The highest BCUT2D eigenvalue weighted by atomic mass is 35.5. The zero-order chi connectivity index (χ0) is 16.4. The van der Waals surface area contributed by atoms with E-state index in [9.17, 15) is 9.59 Å². The van der Waals surface area contributed by atoms with Gasteiger partial charge in [-0.15, -0.1) is 0 Å². The molecule has 2 aromatic carbocycles. The third-order valence-electron chi connectivity index (χ3n) is 3.06. The summed E-state index contributed by atoms with van der Waals surface area (Å²) < 4.78 is 6.95. The maximum absolute atomic E-state index is 11.8. The van der Waals surface area contributed by atoms with Crippen LogP contribution in [0.1, 0.15) is 0 Å². The van der Waals surface area contributed by atoms with Crippen molar-refractivity contribution in [3.8, 4) is 17.2 Å². The second-order valence-electron chi connectivity index (χ2n) is 4.65. The average molecular weight is 349 g/mol. The Labute approximate surface area is 140 Å². The van der Waals surface area contributed by atoms with E-state index in [0.29, 0.717) is 27.2 Å². The first-order valence-electron chi connectivity index (χ1n) is 6.58. The summed E-state index contributed by atoms with van der Waals surface area (Å²) in [5.74, 6) is 1.03. The van der Waals surface area contributed by atoms with E-state index in [1.807, 2.05) is 0 Å². The quantitative estimate of drug-likeness (QED) is 0.785. The van der Waals surface area contributed by atoms with Crippen LogP contribution in [0.4, 0.5) is 0 Å². The molecule has 1 aromatic heterocycles. The van der Waals surface area contributed by atoms with Crippen LogP contribution >= 0.6 is 23.2 Å². The summed E-state index contributed by atoms with van der Waals surface area (Å²) in [6.45, 7) is 0. The van der Waals surface area contributed by atoms with Gasteiger partial charge >= 0.3 is 5.69 Å². The first kappa shape index (κ1) is 15.4. The van der Waals surface area contributed by atoms with E-state index < -0.39 is 11.2 Å². The zero-order valence-electron chi connectivity index (χ0n) is 11.6. The first-order chi connectivity index (χ1) is 11.0. The molecular formula is C16H10Cl2N2O3. The van der Waals surface area contributed by atoms with Gasteiger partial charge in [0.05, 0.1) is 10.7 Å². The third kappa shape index (κ3) is 3.47. The lowest BCUT2D eigenvalue weighted by Crippen LogP contribution is -2.27. The largest absolute Gasteiger partial charge is 0.456 e. The number of benzene rings is 2. The van der Waals surface area contributed by atoms with Gasteiger partial charge in [-0.25, -0.2) is 4.79 Å². The van der Waals surface area contributed by atoms with Gasteiger partial charge < -0.3 is 4.74 Å². The fourth-order valence-corrected chi connectivity index (χ4v) is 2.31. The Bertz CT molecular complexity index is 962. The van der Waals surface area contributed by atoms with Gasteiger partial charge in [-0.3, -0.25) is 14.3 Å². The average Bonchev–Trinajstić information content (AvgIpc) is 2.51. The third-order valence-corrected chi connectivity index (χ3v) is 3.61. The van der Waals surface area contributed by atoms with E-state index in [-0.39, 0.29) is 0 Å². The van der Waals surface area contributed by atoms with Crippen LogP contribution in [0, 0.1) is 0 Å². The van der Waals surface area contributed by atoms with Gasteiger partial charge in [0.15, 0.2) is 0 Å². The normalized spacial score (nSPS) is 10.5. The molecule has 5 nitrogen and oxygen atoms in total. The maximum Gasteiger partial charge on any atom is 0.332 e. The molecular weight excluding hydrogens is 339 g/mol. The number of nitrogens with one attached hydrogen (secondary N) is 1. The van der Waals surface area contributed by atoms with Crippen molar-refractivity contribution in [3.05, 3.63) is 85.6 Å². The molecule has 0 fully saturated rings. The standard InChI is InChI=1S/C16H10Cl2N2O3/c17-10-1-4-12(5-2-10)23-14-6-3-11(9-13(14)18)20-8-7-15(21)19-16(20)22/h1-9H,(H,19,21,22). The Kier molecular flexibility index (Phi) is 4.23. The number of ether oxygens (including phenoxy) is 1. The predicted molar refractivity (Wildman–Crippen MR) is 89.2 cm³/mol. The number of nitrogens with zero attached hydrogens (tertiary/aromatic N) is 1. The predicted octanol–water partition coefficient (Wildman–Crippen LogP) is 3.62. The van der Waals surface area contributed by atoms with Gasteiger partial charge in [-0.05, 0) is 42.5 Å². The van der Waals surface area contributed by atoms with Gasteiger partial charge in [0, 0.05) is 17.3 Å². The Morgan fingerprint density at radius 2 is 1.70 bits per heavy atom. The first-order valence-corrected chi connectivity index (χ1v) is 7.34. The van der Waals surface area contributed by atoms with Crippen LogP contribution in [-0.4, -0.2) is 9.55 Å². The van der Waals surface area contributed by atoms with E-state index in [1.165, 1.54) is 16.8 Å². The summed E-state index contributed by atoms with van der Waals surface area (Å²) in [6.07, 6.45) is 1.38. The van der Waals surface area contributed by atoms with Crippen LogP contribution in [0.2, 0.25) is 10.0 Å². The lowest BCUT2D eigenvalue weighted by Gasteiger charge is -2.10. The molecule has 1 N–H and O–H groups in total. The molecule has 0 amide bonds.